The van der Waals surface area contributed by atoms with Crippen LogP contribution >= 0.6 is 0 Å². The first-order valence-electron chi connectivity index (χ1n) is 11.8. The normalized spacial score (nSPS) is 11.6. The highest BCUT2D eigenvalue weighted by Crippen LogP contribution is 2.30. The maximum Gasteiger partial charge on any atom is 0.417 e. The predicted octanol–water partition coefficient (Wildman–Crippen LogP) is 7.75. The van der Waals surface area contributed by atoms with Crippen LogP contribution in [0.5, 0.6) is 0 Å². The molecular weight excluding hydrogens is 510 g/mol. The fraction of sp³-hybridized carbons (Fsp3) is 0.407. The van der Waals surface area contributed by atoms with Crippen molar-refractivity contribution in [3.8, 4) is 0 Å². The van der Waals surface area contributed by atoms with Gasteiger partial charge in [0.25, 0.3) is 0 Å². The van der Waals surface area contributed by atoms with Gasteiger partial charge in [-0.1, -0.05) is 41.5 Å². The number of carbonyl (C=O) groups is 1. The average molecular weight is 543 g/mol. The van der Waals surface area contributed by atoms with Gasteiger partial charge in [0.15, 0.2) is 0 Å². The Morgan fingerprint density at radius 1 is 0.658 bits per heavy atom. The Balaban J connectivity index is 0.000000285. The second kappa shape index (κ2) is 13.9. The van der Waals surface area contributed by atoms with E-state index in [-0.39, 0.29) is 11.8 Å². The zero-order chi connectivity index (χ0) is 29.3. The number of aromatic nitrogens is 3. The van der Waals surface area contributed by atoms with E-state index < -0.39 is 29.4 Å². The summed E-state index contributed by atoms with van der Waals surface area (Å²) in [5.41, 5.74) is 6.30. The monoisotopic (exact) mass is 542 g/mol. The fourth-order valence-corrected chi connectivity index (χ4v) is 2.75. The molecule has 0 aromatic carbocycles. The van der Waals surface area contributed by atoms with Crippen LogP contribution in [-0.4, -0.2) is 20.9 Å². The molecule has 0 saturated heterocycles. The van der Waals surface area contributed by atoms with Crippen LogP contribution in [0.1, 0.15) is 97.9 Å². The van der Waals surface area contributed by atoms with E-state index in [0.717, 1.165) is 30.1 Å². The molecule has 3 aromatic heterocycles. The summed E-state index contributed by atoms with van der Waals surface area (Å²) < 4.78 is 72.9. The summed E-state index contributed by atoms with van der Waals surface area (Å²) in [5.74, 6) is 0.120. The topological polar surface area (TPSA) is 81.8 Å². The molecule has 0 aliphatic rings. The zero-order valence-electron chi connectivity index (χ0n) is 22.0. The van der Waals surface area contributed by atoms with Crippen LogP contribution in [0.4, 0.5) is 26.3 Å². The van der Waals surface area contributed by atoms with Gasteiger partial charge in [-0.3, -0.25) is 19.7 Å². The Bertz CT molecular complexity index is 1140. The molecule has 0 saturated carbocycles. The first-order valence-corrected chi connectivity index (χ1v) is 11.8. The molecule has 0 fully saturated rings. The minimum atomic E-state index is -4.29. The van der Waals surface area contributed by atoms with Gasteiger partial charge in [-0.25, -0.2) is 0 Å². The number of hydrogen-bond acceptors (Lipinski definition) is 4. The number of pyridine rings is 3. The van der Waals surface area contributed by atoms with Gasteiger partial charge in [0.2, 0.25) is 5.91 Å². The van der Waals surface area contributed by atoms with E-state index in [0.29, 0.717) is 22.9 Å². The number of amides is 1. The third-order valence-corrected chi connectivity index (χ3v) is 5.07. The van der Waals surface area contributed by atoms with E-state index in [9.17, 15) is 31.1 Å². The highest BCUT2D eigenvalue weighted by molar-refractivity contribution is 5.92. The van der Waals surface area contributed by atoms with Gasteiger partial charge in [-0.2, -0.15) is 26.3 Å². The molecule has 0 atom stereocenters. The lowest BCUT2D eigenvalue weighted by molar-refractivity contribution is -0.138. The number of nitrogens with zero attached hydrogens (tertiary/aromatic N) is 3. The molecule has 5 nitrogen and oxygen atoms in total. The number of alkyl halides is 6. The van der Waals surface area contributed by atoms with Gasteiger partial charge >= 0.3 is 12.4 Å². The van der Waals surface area contributed by atoms with Crippen LogP contribution < -0.4 is 5.73 Å². The molecule has 0 aliphatic heterocycles. The molecule has 38 heavy (non-hydrogen) atoms. The minimum absolute atomic E-state index is 0.0160. The average Bonchev–Trinajstić information content (AvgIpc) is 2.84. The second-order valence-corrected chi connectivity index (χ2v) is 9.24. The Morgan fingerprint density at radius 3 is 1.47 bits per heavy atom. The van der Waals surface area contributed by atoms with E-state index in [4.69, 9.17) is 5.73 Å². The summed E-state index contributed by atoms with van der Waals surface area (Å²) in [6, 6.07) is 8.06. The van der Waals surface area contributed by atoms with Crippen LogP contribution in [-0.2, 0) is 12.4 Å². The van der Waals surface area contributed by atoms with Crippen molar-refractivity contribution in [2.75, 3.05) is 0 Å². The molecule has 0 bridgehead atoms. The Kier molecular flexibility index (Phi) is 11.9. The third kappa shape index (κ3) is 10.9. The molecule has 3 heterocycles. The molecule has 2 N–H and O–H groups in total. The van der Waals surface area contributed by atoms with Crippen LogP contribution in [0.15, 0.2) is 55.0 Å². The Hall–Kier alpha value is -3.50. The van der Waals surface area contributed by atoms with Crippen LogP contribution in [0.3, 0.4) is 0 Å². The SMILES string of the molecule is CC(C)c1cc(C(F)(F)F)ccn1.CC(C)c1ccc(C(F)(F)F)cn1.CC(C)c1ccc(C(N)=O)cn1. The number of carbonyl (C=O) groups excluding carboxylic acids is 1. The summed E-state index contributed by atoms with van der Waals surface area (Å²) in [6.07, 6.45) is -4.99. The van der Waals surface area contributed by atoms with Gasteiger partial charge in [0, 0.05) is 35.7 Å². The van der Waals surface area contributed by atoms with Crippen LogP contribution in [0.2, 0.25) is 0 Å². The maximum atomic E-state index is 12.2. The number of nitrogens with two attached hydrogens (primary N) is 1. The molecule has 11 heteroatoms. The lowest BCUT2D eigenvalue weighted by Gasteiger charge is -2.09. The number of primary amides is 1. The van der Waals surface area contributed by atoms with E-state index in [1.54, 1.807) is 6.07 Å². The fourth-order valence-electron chi connectivity index (χ4n) is 2.75. The van der Waals surface area contributed by atoms with Gasteiger partial charge < -0.3 is 5.73 Å². The minimum Gasteiger partial charge on any atom is -0.366 e. The van der Waals surface area contributed by atoms with Crippen LogP contribution in [0, 0.1) is 0 Å². The summed E-state index contributed by atoms with van der Waals surface area (Å²) in [4.78, 5) is 22.3. The molecule has 1 amide bonds. The maximum absolute atomic E-state index is 12.2. The highest BCUT2D eigenvalue weighted by Gasteiger charge is 2.31. The Morgan fingerprint density at radius 2 is 1.13 bits per heavy atom. The zero-order valence-corrected chi connectivity index (χ0v) is 22.0. The predicted molar refractivity (Wildman–Crippen MR) is 133 cm³/mol. The molecule has 3 rings (SSSR count). The first-order chi connectivity index (χ1) is 17.4. The standard InChI is InChI=1S/2C9H10F3N.C9H12N2O/c1-6(2)8-5-7(3-4-13-8)9(10,11)12;1-6(2)8-4-3-7(5-13-8)9(10,11)12;1-6(2)8-4-3-7(5-11-8)9(10)12/h2*3-6H,1-2H3;3-6H,1-2H3,(H2,10,12). The van der Waals surface area contributed by atoms with Crippen molar-refractivity contribution in [2.24, 2.45) is 5.73 Å². The van der Waals surface area contributed by atoms with E-state index >= 15 is 0 Å². The van der Waals surface area contributed by atoms with Gasteiger partial charge in [-0.05, 0) is 54.2 Å². The number of rotatable bonds is 4. The van der Waals surface area contributed by atoms with Crippen molar-refractivity contribution >= 4 is 5.91 Å². The lowest BCUT2D eigenvalue weighted by Crippen LogP contribution is -2.11. The van der Waals surface area contributed by atoms with Crippen molar-refractivity contribution in [3.63, 3.8) is 0 Å². The van der Waals surface area contributed by atoms with Gasteiger partial charge in [0.05, 0.1) is 16.7 Å². The van der Waals surface area contributed by atoms with Crippen molar-refractivity contribution in [1.82, 2.24) is 15.0 Å². The Labute approximate surface area is 218 Å². The summed E-state index contributed by atoms with van der Waals surface area (Å²) >= 11 is 0. The molecule has 0 spiro atoms. The quantitative estimate of drug-likeness (QED) is 0.342. The van der Waals surface area contributed by atoms with Crippen molar-refractivity contribution in [1.29, 1.82) is 0 Å². The second-order valence-electron chi connectivity index (χ2n) is 9.24. The van der Waals surface area contributed by atoms with E-state index in [1.165, 1.54) is 18.5 Å². The number of halogens is 6. The molecular formula is C27H32F6N4O. The summed E-state index contributed by atoms with van der Waals surface area (Å²) in [5, 5.41) is 0. The number of hydrogen-bond donors (Lipinski definition) is 1. The largest absolute Gasteiger partial charge is 0.417 e. The van der Waals surface area contributed by atoms with Crippen molar-refractivity contribution < 1.29 is 31.1 Å². The third-order valence-electron chi connectivity index (χ3n) is 5.07. The molecule has 208 valence electrons. The van der Waals surface area contributed by atoms with Crippen molar-refractivity contribution in [2.45, 2.75) is 71.6 Å². The van der Waals surface area contributed by atoms with E-state index in [2.05, 4.69) is 15.0 Å². The lowest BCUT2D eigenvalue weighted by atomic mass is 10.1. The van der Waals surface area contributed by atoms with Crippen molar-refractivity contribution in [3.05, 3.63) is 88.8 Å². The molecule has 0 radical (unpaired) electrons. The molecule has 3 aromatic rings. The van der Waals surface area contributed by atoms with Crippen LogP contribution in [0.25, 0.3) is 0 Å². The van der Waals surface area contributed by atoms with Gasteiger partial charge in [0.1, 0.15) is 0 Å². The highest BCUT2D eigenvalue weighted by atomic mass is 19.4. The summed E-state index contributed by atoms with van der Waals surface area (Å²) in [7, 11) is 0. The smallest absolute Gasteiger partial charge is 0.366 e. The molecule has 0 unspecified atom stereocenters. The van der Waals surface area contributed by atoms with Gasteiger partial charge in [-0.15, -0.1) is 0 Å². The first kappa shape index (κ1) is 32.5. The van der Waals surface area contributed by atoms with E-state index in [1.807, 2.05) is 47.6 Å². The molecule has 0 aliphatic carbocycles. The summed E-state index contributed by atoms with van der Waals surface area (Å²) in [6.45, 7) is 11.5.